The first-order valence-electron chi connectivity index (χ1n) is 9.85. The summed E-state index contributed by atoms with van der Waals surface area (Å²) >= 11 is 1.35. The summed E-state index contributed by atoms with van der Waals surface area (Å²) in [7, 11) is -0.0401. The first-order valence-corrected chi connectivity index (χ1v) is 12.5. The number of nitrogens with zero attached hydrogens (tertiary/aromatic N) is 2. The summed E-state index contributed by atoms with van der Waals surface area (Å²) in [6, 6.07) is 12.8. The minimum absolute atomic E-state index is 0.0189. The van der Waals surface area contributed by atoms with Crippen LogP contribution in [-0.4, -0.2) is 56.5 Å². The smallest absolute Gasteiger partial charge is 0.252 e. The molecule has 2 aliphatic heterocycles. The van der Waals surface area contributed by atoms with Gasteiger partial charge in [0.1, 0.15) is 11.5 Å². The Balaban J connectivity index is 1.69. The predicted molar refractivity (Wildman–Crippen MR) is 123 cm³/mol. The fourth-order valence-electron chi connectivity index (χ4n) is 3.86. The van der Waals surface area contributed by atoms with Gasteiger partial charge in [-0.1, -0.05) is 41.6 Å². The number of amidine groups is 1. The van der Waals surface area contributed by atoms with Crippen LogP contribution in [-0.2, 0) is 21.1 Å². The van der Waals surface area contributed by atoms with E-state index in [-0.39, 0.29) is 35.1 Å². The number of sulfone groups is 1. The van der Waals surface area contributed by atoms with E-state index in [2.05, 4.69) is 4.99 Å². The molecular weight excluding hydrogens is 436 g/mol. The lowest BCUT2D eigenvalue weighted by atomic mass is 10.1. The van der Waals surface area contributed by atoms with Gasteiger partial charge in [0.05, 0.1) is 43.9 Å². The minimum Gasteiger partial charge on any atom is -0.497 e. The predicted octanol–water partition coefficient (Wildman–Crippen LogP) is 2.86. The van der Waals surface area contributed by atoms with Crippen molar-refractivity contribution >= 4 is 38.4 Å². The largest absolute Gasteiger partial charge is 0.497 e. The number of hydrogen-bond donors (Lipinski definition) is 0. The number of anilines is 1. The van der Waals surface area contributed by atoms with Crippen LogP contribution in [0.5, 0.6) is 11.5 Å². The number of fused-ring (bicyclic) bond motifs is 1. The molecule has 0 aromatic heterocycles. The quantitative estimate of drug-likeness (QED) is 0.678. The number of carbonyl (C=O) groups is 1. The Morgan fingerprint density at radius 3 is 2.55 bits per heavy atom. The summed E-state index contributed by atoms with van der Waals surface area (Å²) in [5.74, 6) is 0.972. The fourth-order valence-corrected chi connectivity index (χ4v) is 7.78. The third-order valence-corrected chi connectivity index (χ3v) is 8.62. The SMILES string of the molecule is COc1ccc(N2C(=NC(=O)Cc3ccc(C)cc3)S[C@H]3CS(=O)(=O)C[C@@H]32)c(OC)c1. The Kier molecular flexibility index (Phi) is 5.98. The van der Waals surface area contributed by atoms with Crippen LogP contribution in [0, 0.1) is 6.92 Å². The van der Waals surface area contributed by atoms with Gasteiger partial charge in [0.15, 0.2) is 15.0 Å². The second-order valence-corrected chi connectivity index (χ2v) is 11.0. The van der Waals surface area contributed by atoms with E-state index in [1.807, 2.05) is 42.2 Å². The lowest BCUT2D eigenvalue weighted by Gasteiger charge is -2.26. The van der Waals surface area contributed by atoms with Gasteiger partial charge < -0.3 is 14.4 Å². The average molecular weight is 461 g/mol. The summed E-state index contributed by atoms with van der Waals surface area (Å²) in [6.45, 7) is 1.99. The van der Waals surface area contributed by atoms with Crippen molar-refractivity contribution in [3.8, 4) is 11.5 Å². The molecule has 2 atom stereocenters. The van der Waals surface area contributed by atoms with Crippen LogP contribution in [0.4, 0.5) is 5.69 Å². The van der Waals surface area contributed by atoms with Gasteiger partial charge in [0, 0.05) is 11.3 Å². The zero-order valence-electron chi connectivity index (χ0n) is 17.6. The highest BCUT2D eigenvalue weighted by Gasteiger charge is 2.50. The number of rotatable bonds is 5. The maximum atomic E-state index is 12.7. The molecule has 2 aliphatic rings. The molecule has 2 aromatic rings. The molecule has 1 amide bonds. The van der Waals surface area contributed by atoms with Gasteiger partial charge in [0.25, 0.3) is 5.91 Å². The van der Waals surface area contributed by atoms with E-state index in [1.165, 1.54) is 11.8 Å². The van der Waals surface area contributed by atoms with Gasteiger partial charge in [-0.2, -0.15) is 4.99 Å². The van der Waals surface area contributed by atoms with Crippen LogP contribution in [0.2, 0.25) is 0 Å². The Morgan fingerprint density at radius 2 is 1.87 bits per heavy atom. The van der Waals surface area contributed by atoms with E-state index >= 15 is 0 Å². The van der Waals surface area contributed by atoms with Crippen LogP contribution in [0.1, 0.15) is 11.1 Å². The highest BCUT2D eigenvalue weighted by molar-refractivity contribution is 8.16. The molecule has 0 bridgehead atoms. The second-order valence-electron chi connectivity index (χ2n) is 7.66. The Labute approximate surface area is 186 Å². The molecule has 164 valence electrons. The van der Waals surface area contributed by atoms with E-state index in [0.717, 1.165) is 11.1 Å². The number of aliphatic imine (C=N–C) groups is 1. The molecule has 0 aliphatic carbocycles. The normalized spacial score (nSPS) is 23.1. The summed E-state index contributed by atoms with van der Waals surface area (Å²) in [5, 5.41) is 0.327. The number of hydrogen-bond acceptors (Lipinski definition) is 6. The van der Waals surface area contributed by atoms with Crippen LogP contribution in [0.25, 0.3) is 0 Å². The Hall–Kier alpha value is -2.52. The third-order valence-electron chi connectivity index (χ3n) is 5.41. The molecule has 4 rings (SSSR count). The molecule has 9 heteroatoms. The molecule has 31 heavy (non-hydrogen) atoms. The summed E-state index contributed by atoms with van der Waals surface area (Å²) in [5.41, 5.74) is 2.68. The summed E-state index contributed by atoms with van der Waals surface area (Å²) in [6.07, 6.45) is 0.186. The lowest BCUT2D eigenvalue weighted by molar-refractivity contribution is -0.117. The van der Waals surface area contributed by atoms with Gasteiger partial charge in [-0.25, -0.2) is 8.42 Å². The zero-order chi connectivity index (χ0) is 22.2. The van der Waals surface area contributed by atoms with Gasteiger partial charge in [-0.3, -0.25) is 4.79 Å². The van der Waals surface area contributed by atoms with Crippen molar-refractivity contribution in [3.63, 3.8) is 0 Å². The van der Waals surface area contributed by atoms with Gasteiger partial charge in [-0.15, -0.1) is 0 Å². The van der Waals surface area contributed by atoms with Crippen molar-refractivity contribution in [3.05, 3.63) is 53.6 Å². The van der Waals surface area contributed by atoms with Gasteiger partial charge >= 0.3 is 0 Å². The number of benzene rings is 2. The molecule has 0 saturated carbocycles. The van der Waals surface area contributed by atoms with E-state index in [9.17, 15) is 13.2 Å². The molecule has 0 radical (unpaired) electrons. The Morgan fingerprint density at radius 1 is 1.13 bits per heavy atom. The highest BCUT2D eigenvalue weighted by Crippen LogP contribution is 2.44. The maximum Gasteiger partial charge on any atom is 0.252 e. The van der Waals surface area contributed by atoms with Crippen LogP contribution >= 0.6 is 11.8 Å². The van der Waals surface area contributed by atoms with Crippen molar-refractivity contribution in [2.45, 2.75) is 24.6 Å². The topological polar surface area (TPSA) is 85.3 Å². The first-order chi connectivity index (χ1) is 14.8. The van der Waals surface area contributed by atoms with E-state index in [4.69, 9.17) is 9.47 Å². The van der Waals surface area contributed by atoms with E-state index < -0.39 is 9.84 Å². The molecule has 7 nitrogen and oxygen atoms in total. The van der Waals surface area contributed by atoms with Crippen molar-refractivity contribution < 1.29 is 22.7 Å². The maximum absolute atomic E-state index is 12.7. The standard InChI is InChI=1S/C22H24N2O5S2/c1-14-4-6-15(7-5-14)10-21(25)23-22-24(18-12-31(26,27)13-20(18)30-22)17-9-8-16(28-2)11-19(17)29-3/h4-9,11,18,20H,10,12-13H2,1-3H3/t18-,20-/m0/s1. The van der Waals surface area contributed by atoms with Crippen LogP contribution < -0.4 is 14.4 Å². The third kappa shape index (κ3) is 4.57. The summed E-state index contributed by atoms with van der Waals surface area (Å²) in [4.78, 5) is 19.0. The lowest BCUT2D eigenvalue weighted by Crippen LogP contribution is -2.38. The van der Waals surface area contributed by atoms with Crippen molar-refractivity contribution in [2.24, 2.45) is 4.99 Å². The summed E-state index contributed by atoms with van der Waals surface area (Å²) < 4.78 is 35.4. The second kappa shape index (κ2) is 8.55. The van der Waals surface area contributed by atoms with Crippen molar-refractivity contribution in [2.75, 3.05) is 30.6 Å². The molecule has 0 spiro atoms. The van der Waals surface area contributed by atoms with Crippen LogP contribution in [0.3, 0.4) is 0 Å². The van der Waals surface area contributed by atoms with Crippen molar-refractivity contribution in [1.82, 2.24) is 0 Å². The minimum atomic E-state index is -3.15. The highest BCUT2D eigenvalue weighted by atomic mass is 32.2. The molecule has 2 heterocycles. The van der Waals surface area contributed by atoms with E-state index in [0.29, 0.717) is 22.4 Å². The molecule has 2 saturated heterocycles. The van der Waals surface area contributed by atoms with Gasteiger partial charge in [-0.05, 0) is 24.6 Å². The molecular formula is C22H24N2O5S2. The van der Waals surface area contributed by atoms with Gasteiger partial charge in [0.2, 0.25) is 0 Å². The first kappa shape index (κ1) is 21.7. The van der Waals surface area contributed by atoms with Crippen molar-refractivity contribution in [1.29, 1.82) is 0 Å². The number of thioether (sulfide) groups is 1. The Bertz CT molecular complexity index is 1130. The van der Waals surface area contributed by atoms with Crippen LogP contribution in [0.15, 0.2) is 47.5 Å². The molecule has 0 N–H and O–H groups in total. The fraction of sp³-hybridized carbons (Fsp3) is 0.364. The number of ether oxygens (including phenoxy) is 2. The zero-order valence-corrected chi connectivity index (χ0v) is 19.2. The number of methoxy groups -OCH3 is 2. The number of aryl methyl sites for hydroxylation is 1. The molecule has 2 aromatic carbocycles. The molecule has 2 fully saturated rings. The number of amides is 1. The average Bonchev–Trinajstić information content (AvgIpc) is 3.19. The monoisotopic (exact) mass is 460 g/mol. The number of carbonyl (C=O) groups excluding carboxylic acids is 1. The van der Waals surface area contributed by atoms with E-state index in [1.54, 1.807) is 26.4 Å². The molecule has 0 unspecified atom stereocenters.